The van der Waals surface area contributed by atoms with Crippen LogP contribution in [-0.2, 0) is 43.2 Å². The molecule has 0 aliphatic rings. The molecule has 0 saturated heterocycles. The van der Waals surface area contributed by atoms with Crippen LogP contribution in [0.3, 0.4) is 0 Å². The zero-order valence-electron chi connectivity index (χ0n) is 42.7. The van der Waals surface area contributed by atoms with Gasteiger partial charge in [-0.2, -0.15) is 0 Å². The zero-order chi connectivity index (χ0) is 54.8. The Kier molecular flexibility index (Phi) is 56.4. The number of carbonyl (C=O) groups excluding carboxylic acids is 6. The van der Waals surface area contributed by atoms with E-state index in [1.165, 1.54) is 36.5 Å². The van der Waals surface area contributed by atoms with Crippen molar-refractivity contribution in [1.29, 1.82) is 0 Å². The highest BCUT2D eigenvalue weighted by molar-refractivity contribution is 5.88. The van der Waals surface area contributed by atoms with E-state index < -0.39 is 17.9 Å². The molecule has 0 aromatic rings. The minimum Gasteiger partial charge on any atom is -0.481 e. The van der Waals surface area contributed by atoms with Gasteiger partial charge in [-0.15, -0.1) is 0 Å². The van der Waals surface area contributed by atoms with Gasteiger partial charge in [-0.3, -0.25) is 43.2 Å². The first-order chi connectivity index (χ1) is 32.2. The third-order valence-corrected chi connectivity index (χ3v) is 8.08. The van der Waals surface area contributed by atoms with Gasteiger partial charge < -0.3 is 63.2 Å². The summed E-state index contributed by atoms with van der Waals surface area (Å²) < 4.78 is 0. The predicted octanol–water partition coefficient (Wildman–Crippen LogP) is 2.49. The number of rotatable bonds is 30. The third-order valence-electron chi connectivity index (χ3n) is 8.08. The van der Waals surface area contributed by atoms with E-state index in [0.717, 1.165) is 59.3 Å². The normalized spacial score (nSPS) is 12.0. The molecule has 0 bridgehead atoms. The van der Waals surface area contributed by atoms with Crippen LogP contribution in [0.1, 0.15) is 101 Å². The summed E-state index contributed by atoms with van der Waals surface area (Å²) in [6, 6.07) is 1.81. The molecule has 0 heterocycles. The summed E-state index contributed by atoms with van der Waals surface area (Å²) in [4.78, 5) is 92.7. The Bertz CT molecular complexity index is 1260. The smallest absolute Gasteiger partial charge is 0.300 e. The Morgan fingerprint density at radius 3 is 0.507 bits per heavy atom. The first-order valence-corrected chi connectivity index (χ1v) is 22.5. The number of aliphatic carboxylic acids is 3. The number of hydrogen-bond donors (Lipinski definition) is 12. The molecule has 0 saturated carbocycles. The van der Waals surface area contributed by atoms with Gasteiger partial charge >= 0.3 is 0 Å². The fraction of sp³-hybridized carbons (Fsp3) is 0.562. The Morgan fingerprint density at radius 1 is 0.319 bits per heavy atom. The molecule has 0 aromatic carbocycles. The maximum absolute atomic E-state index is 11.0. The van der Waals surface area contributed by atoms with E-state index in [4.69, 9.17) is 29.7 Å². The second kappa shape index (κ2) is 52.5. The van der Waals surface area contributed by atoms with Crippen LogP contribution in [0.2, 0.25) is 0 Å². The van der Waals surface area contributed by atoms with Crippen LogP contribution in [0, 0.1) is 0 Å². The van der Waals surface area contributed by atoms with E-state index in [-0.39, 0.29) is 35.4 Å². The van der Waals surface area contributed by atoms with Crippen molar-refractivity contribution in [2.75, 3.05) is 39.3 Å². The Morgan fingerprint density at radius 2 is 0.420 bits per heavy atom. The van der Waals surface area contributed by atoms with Crippen LogP contribution in [0.5, 0.6) is 0 Å². The van der Waals surface area contributed by atoms with Crippen LogP contribution in [0.4, 0.5) is 0 Å². The SMILES string of the molecule is C=CC(=O)NCCC(C)NC(C)CCNC(=O)C=C.C=CC(=O)NCCC(C)NC(C)CCNC(=O)C=C.C=CC(=O)NCCC(C)NC(C)CCNC(=O)C=C.CC(=O)O.CC(=O)O.CC(=O)O. The van der Waals surface area contributed by atoms with Gasteiger partial charge in [0.25, 0.3) is 17.9 Å². The largest absolute Gasteiger partial charge is 0.481 e. The lowest BCUT2D eigenvalue weighted by Crippen LogP contribution is -2.39. The molecule has 69 heavy (non-hydrogen) atoms. The van der Waals surface area contributed by atoms with Crippen molar-refractivity contribution in [3.8, 4) is 0 Å². The highest BCUT2D eigenvalue weighted by atomic mass is 16.4. The molecule has 0 aliphatic carbocycles. The van der Waals surface area contributed by atoms with Gasteiger partial charge in [0.15, 0.2) is 0 Å². The third kappa shape index (κ3) is 76.1. The fourth-order valence-electron chi connectivity index (χ4n) is 4.86. The number of carboxylic acid groups (broad SMARTS) is 3. The van der Waals surface area contributed by atoms with Gasteiger partial charge in [0.1, 0.15) is 0 Å². The Balaban J connectivity index is -0.000000192. The second-order valence-electron chi connectivity index (χ2n) is 15.2. The van der Waals surface area contributed by atoms with E-state index >= 15 is 0 Å². The lowest BCUT2D eigenvalue weighted by molar-refractivity contribution is -0.135. The molecule has 0 aliphatic heterocycles. The number of carboxylic acids is 3. The van der Waals surface area contributed by atoms with Crippen LogP contribution in [0.15, 0.2) is 75.9 Å². The first kappa shape index (κ1) is 74.1. The Labute approximate surface area is 411 Å². The molecule has 396 valence electrons. The van der Waals surface area contributed by atoms with E-state index in [9.17, 15) is 28.8 Å². The van der Waals surface area contributed by atoms with Gasteiger partial charge in [0.05, 0.1) is 0 Å². The standard InChI is InChI=1S/3C14H25N3O2.3C2H4O2/c3*1-5-13(18)15-9-7-11(3)17-12(4)8-10-16-14(19)6-2;3*1-2(3)4/h3*5-6,11-12,17H,1-2,7-10H2,3-4H3,(H,15,18)(H,16,19);3*1H3,(H,3,4). The molecule has 0 spiro atoms. The summed E-state index contributed by atoms with van der Waals surface area (Å²) in [6.07, 6.45) is 12.7. The molecule has 6 unspecified atom stereocenters. The monoisotopic (exact) mass is 982 g/mol. The second-order valence-corrected chi connectivity index (χ2v) is 15.2. The maximum atomic E-state index is 11.0. The molecule has 6 amide bonds. The highest BCUT2D eigenvalue weighted by Crippen LogP contribution is 1.98. The van der Waals surface area contributed by atoms with Crippen molar-refractivity contribution >= 4 is 53.4 Å². The number of hydrogen-bond acceptors (Lipinski definition) is 12. The van der Waals surface area contributed by atoms with Crippen molar-refractivity contribution in [2.24, 2.45) is 0 Å². The summed E-state index contributed by atoms with van der Waals surface area (Å²) in [5.74, 6) is -3.38. The highest BCUT2D eigenvalue weighted by Gasteiger charge is 2.10. The van der Waals surface area contributed by atoms with Gasteiger partial charge in [-0.25, -0.2) is 0 Å². The van der Waals surface area contributed by atoms with Crippen molar-refractivity contribution in [2.45, 2.75) is 137 Å². The van der Waals surface area contributed by atoms with Crippen LogP contribution >= 0.6 is 0 Å². The van der Waals surface area contributed by atoms with Gasteiger partial charge in [-0.05, 0) is 117 Å². The average Bonchev–Trinajstić information content (AvgIpc) is 3.25. The molecule has 0 aromatic heterocycles. The lowest BCUT2D eigenvalue weighted by atomic mass is 10.1. The van der Waals surface area contributed by atoms with E-state index in [0.29, 0.717) is 75.5 Å². The van der Waals surface area contributed by atoms with E-state index in [1.54, 1.807) is 0 Å². The van der Waals surface area contributed by atoms with Crippen molar-refractivity contribution in [3.63, 3.8) is 0 Å². The molecule has 6 atom stereocenters. The summed E-state index contributed by atoms with van der Waals surface area (Å²) >= 11 is 0. The molecule has 0 fully saturated rings. The molecule has 0 rings (SSSR count). The molecule has 21 heteroatoms. The number of nitrogens with one attached hydrogen (secondary N) is 9. The van der Waals surface area contributed by atoms with Crippen molar-refractivity contribution in [1.82, 2.24) is 47.9 Å². The van der Waals surface area contributed by atoms with Gasteiger partial charge in [-0.1, -0.05) is 39.5 Å². The minimum atomic E-state index is -0.833. The Hall–Kier alpha value is -6.45. The van der Waals surface area contributed by atoms with E-state index in [2.05, 4.69) is 129 Å². The molecular formula is C48H87N9O12. The van der Waals surface area contributed by atoms with Gasteiger partial charge in [0.2, 0.25) is 35.4 Å². The maximum Gasteiger partial charge on any atom is 0.300 e. The van der Waals surface area contributed by atoms with Crippen molar-refractivity contribution in [3.05, 3.63) is 75.9 Å². The van der Waals surface area contributed by atoms with Crippen LogP contribution < -0.4 is 47.9 Å². The molecular weight excluding hydrogens is 895 g/mol. The first-order valence-electron chi connectivity index (χ1n) is 22.5. The fourth-order valence-corrected chi connectivity index (χ4v) is 4.86. The topological polar surface area (TPSA) is 323 Å². The summed E-state index contributed by atoms with van der Waals surface area (Å²) in [5.41, 5.74) is 0. The van der Waals surface area contributed by atoms with Crippen LogP contribution in [-0.4, -0.2) is 144 Å². The van der Waals surface area contributed by atoms with Crippen molar-refractivity contribution < 1.29 is 58.5 Å². The quantitative estimate of drug-likeness (QED) is 0.0460. The summed E-state index contributed by atoms with van der Waals surface area (Å²) in [5, 5.41) is 48.9. The zero-order valence-corrected chi connectivity index (χ0v) is 42.7. The summed E-state index contributed by atoms with van der Waals surface area (Å²) in [7, 11) is 0. The van der Waals surface area contributed by atoms with E-state index in [1.807, 2.05) is 0 Å². The minimum absolute atomic E-state index is 0.146. The molecule has 0 radical (unpaired) electrons. The van der Waals surface area contributed by atoms with Crippen LogP contribution in [0.25, 0.3) is 0 Å². The lowest BCUT2D eigenvalue weighted by Gasteiger charge is -2.20. The molecule has 21 nitrogen and oxygen atoms in total. The predicted molar refractivity (Wildman–Crippen MR) is 273 cm³/mol. The number of carbonyl (C=O) groups is 9. The summed E-state index contributed by atoms with van der Waals surface area (Å²) in [6.45, 7) is 39.8. The number of amides is 6. The average molecular weight is 982 g/mol. The van der Waals surface area contributed by atoms with Gasteiger partial charge in [0, 0.05) is 96.3 Å². The molecule has 12 N–H and O–H groups in total.